The Morgan fingerprint density at radius 1 is 1.70 bits per heavy atom. The summed E-state index contributed by atoms with van der Waals surface area (Å²) in [5, 5.41) is 8.26. The number of ether oxygens (including phenoxy) is 1. The van der Waals surface area contributed by atoms with Crippen LogP contribution in [0, 0.1) is 0 Å². The third-order valence-electron chi connectivity index (χ3n) is 1.04. The third-order valence-corrected chi connectivity index (χ3v) is 1.04. The molecule has 0 saturated carbocycles. The lowest BCUT2D eigenvalue weighted by atomic mass is 10.2. The average molecular weight is 144 g/mol. The first-order valence-electron chi connectivity index (χ1n) is 3.18. The largest absolute Gasteiger partial charge is 0.460 e. The van der Waals surface area contributed by atoms with E-state index in [0.717, 1.165) is 0 Å². The second kappa shape index (κ2) is 4.99. The maximum Gasteiger partial charge on any atom is 0.333 e. The van der Waals surface area contributed by atoms with Gasteiger partial charge < -0.3 is 9.84 Å². The summed E-state index contributed by atoms with van der Waals surface area (Å²) in [5.74, 6) is -0.420. The van der Waals surface area contributed by atoms with Crippen molar-refractivity contribution in [2.75, 3.05) is 13.2 Å². The molecule has 0 saturated heterocycles. The molecule has 0 unspecified atom stereocenters. The number of hydrogen-bond acceptors (Lipinski definition) is 3. The SMILES string of the molecule is C=C(CC)C(=O)OCCO. The number of carbonyl (C=O) groups is 1. The highest BCUT2D eigenvalue weighted by Crippen LogP contribution is 1.98. The van der Waals surface area contributed by atoms with Crippen molar-refractivity contribution in [3.8, 4) is 0 Å². The Kier molecular flexibility index (Phi) is 4.58. The number of aliphatic hydroxyl groups excluding tert-OH is 1. The highest BCUT2D eigenvalue weighted by molar-refractivity contribution is 5.87. The van der Waals surface area contributed by atoms with Gasteiger partial charge in [-0.15, -0.1) is 0 Å². The minimum absolute atomic E-state index is 0.0534. The predicted octanol–water partition coefficient (Wildman–Crippen LogP) is 0.488. The molecule has 0 aromatic heterocycles. The maximum absolute atomic E-state index is 10.7. The zero-order valence-corrected chi connectivity index (χ0v) is 6.09. The van der Waals surface area contributed by atoms with E-state index in [-0.39, 0.29) is 13.2 Å². The lowest BCUT2D eigenvalue weighted by molar-refractivity contribution is -0.140. The summed E-state index contributed by atoms with van der Waals surface area (Å²) in [7, 11) is 0. The van der Waals surface area contributed by atoms with Gasteiger partial charge in [0.15, 0.2) is 0 Å². The van der Waals surface area contributed by atoms with Gasteiger partial charge in [-0.3, -0.25) is 0 Å². The normalized spacial score (nSPS) is 9.00. The van der Waals surface area contributed by atoms with Gasteiger partial charge in [-0.05, 0) is 6.42 Å². The molecule has 1 N–H and O–H groups in total. The molecule has 58 valence electrons. The molecule has 10 heavy (non-hydrogen) atoms. The van der Waals surface area contributed by atoms with Crippen molar-refractivity contribution in [1.82, 2.24) is 0 Å². The lowest BCUT2D eigenvalue weighted by Gasteiger charge is -2.01. The van der Waals surface area contributed by atoms with Gasteiger partial charge in [-0.25, -0.2) is 4.79 Å². The van der Waals surface area contributed by atoms with Crippen LogP contribution in [-0.4, -0.2) is 24.3 Å². The summed E-state index contributed by atoms with van der Waals surface area (Å²) in [6, 6.07) is 0. The Hall–Kier alpha value is -0.830. The molecule has 0 aliphatic heterocycles. The summed E-state index contributed by atoms with van der Waals surface area (Å²) in [4.78, 5) is 10.7. The molecule has 0 spiro atoms. The van der Waals surface area contributed by atoms with Crippen molar-refractivity contribution in [3.05, 3.63) is 12.2 Å². The highest BCUT2D eigenvalue weighted by atomic mass is 16.5. The fraction of sp³-hybridized carbons (Fsp3) is 0.571. The van der Waals surface area contributed by atoms with Crippen molar-refractivity contribution in [2.24, 2.45) is 0 Å². The van der Waals surface area contributed by atoms with E-state index < -0.39 is 5.97 Å². The van der Waals surface area contributed by atoms with E-state index in [1.807, 2.05) is 6.92 Å². The van der Waals surface area contributed by atoms with Crippen LogP contribution in [0.1, 0.15) is 13.3 Å². The van der Waals surface area contributed by atoms with Crippen molar-refractivity contribution < 1.29 is 14.6 Å². The van der Waals surface area contributed by atoms with E-state index >= 15 is 0 Å². The average Bonchev–Trinajstić information content (AvgIpc) is 1.98. The van der Waals surface area contributed by atoms with Crippen LogP contribution in [0.25, 0.3) is 0 Å². The molecule has 0 aromatic carbocycles. The van der Waals surface area contributed by atoms with Gasteiger partial charge in [0.25, 0.3) is 0 Å². The van der Waals surface area contributed by atoms with Gasteiger partial charge in [0.1, 0.15) is 6.61 Å². The van der Waals surface area contributed by atoms with Gasteiger partial charge in [0, 0.05) is 5.57 Å². The Balaban J connectivity index is 3.52. The predicted molar refractivity (Wildman–Crippen MR) is 37.5 cm³/mol. The van der Waals surface area contributed by atoms with Gasteiger partial charge in [-0.2, -0.15) is 0 Å². The van der Waals surface area contributed by atoms with Crippen molar-refractivity contribution in [2.45, 2.75) is 13.3 Å². The molecule has 3 nitrogen and oxygen atoms in total. The van der Waals surface area contributed by atoms with E-state index in [1.165, 1.54) is 0 Å². The van der Waals surface area contributed by atoms with Gasteiger partial charge in [0.05, 0.1) is 6.61 Å². The van der Waals surface area contributed by atoms with Gasteiger partial charge >= 0.3 is 5.97 Å². The molecule has 0 heterocycles. The summed E-state index contributed by atoms with van der Waals surface area (Å²) in [5.41, 5.74) is 0.438. The maximum atomic E-state index is 10.7. The van der Waals surface area contributed by atoms with E-state index in [9.17, 15) is 4.79 Å². The van der Waals surface area contributed by atoms with Crippen LogP contribution in [0.5, 0.6) is 0 Å². The number of aliphatic hydroxyl groups is 1. The Morgan fingerprint density at radius 3 is 2.70 bits per heavy atom. The second-order valence-electron chi connectivity index (χ2n) is 1.82. The standard InChI is InChI=1S/C7H12O3/c1-3-6(2)7(9)10-5-4-8/h8H,2-5H2,1H3. The minimum Gasteiger partial charge on any atom is -0.460 e. The third kappa shape index (κ3) is 3.25. The van der Waals surface area contributed by atoms with Crippen LogP contribution in [0.3, 0.4) is 0 Å². The first-order chi connectivity index (χ1) is 4.72. The molecule has 0 radical (unpaired) electrons. The monoisotopic (exact) mass is 144 g/mol. The fourth-order valence-electron chi connectivity index (χ4n) is 0.385. The molecular weight excluding hydrogens is 132 g/mol. The molecule has 0 amide bonds. The van der Waals surface area contributed by atoms with Gasteiger partial charge in [0.2, 0.25) is 0 Å². The van der Waals surface area contributed by atoms with Crippen molar-refractivity contribution in [1.29, 1.82) is 0 Å². The minimum atomic E-state index is -0.420. The first kappa shape index (κ1) is 9.17. The van der Waals surface area contributed by atoms with Crippen LogP contribution >= 0.6 is 0 Å². The zero-order chi connectivity index (χ0) is 7.98. The summed E-state index contributed by atoms with van der Waals surface area (Å²) in [6.45, 7) is 5.21. The molecule has 0 atom stereocenters. The molecule has 0 rings (SSSR count). The van der Waals surface area contributed by atoms with Crippen LogP contribution in [0.15, 0.2) is 12.2 Å². The van der Waals surface area contributed by atoms with Gasteiger partial charge in [-0.1, -0.05) is 13.5 Å². The molecule has 0 aromatic rings. The van der Waals surface area contributed by atoms with E-state index in [2.05, 4.69) is 11.3 Å². The molecular formula is C7H12O3. The summed E-state index contributed by atoms with van der Waals surface area (Å²) < 4.78 is 4.56. The summed E-state index contributed by atoms with van der Waals surface area (Å²) >= 11 is 0. The van der Waals surface area contributed by atoms with Crippen LogP contribution < -0.4 is 0 Å². The number of esters is 1. The number of hydrogen-bond donors (Lipinski definition) is 1. The van der Waals surface area contributed by atoms with Crippen molar-refractivity contribution >= 4 is 5.97 Å². The number of rotatable bonds is 4. The topological polar surface area (TPSA) is 46.5 Å². The Bertz CT molecular complexity index is 129. The molecule has 0 aliphatic rings. The van der Waals surface area contributed by atoms with E-state index in [4.69, 9.17) is 5.11 Å². The van der Waals surface area contributed by atoms with Crippen LogP contribution in [-0.2, 0) is 9.53 Å². The van der Waals surface area contributed by atoms with Crippen LogP contribution in [0.4, 0.5) is 0 Å². The number of carbonyl (C=O) groups excluding carboxylic acids is 1. The highest BCUT2D eigenvalue weighted by Gasteiger charge is 2.03. The summed E-state index contributed by atoms with van der Waals surface area (Å²) in [6.07, 6.45) is 0.588. The quantitative estimate of drug-likeness (QED) is 0.461. The second-order valence-corrected chi connectivity index (χ2v) is 1.82. The molecule has 3 heteroatoms. The smallest absolute Gasteiger partial charge is 0.333 e. The first-order valence-corrected chi connectivity index (χ1v) is 3.18. The van der Waals surface area contributed by atoms with Crippen LogP contribution in [0.2, 0.25) is 0 Å². The lowest BCUT2D eigenvalue weighted by Crippen LogP contribution is -2.09. The fourth-order valence-corrected chi connectivity index (χ4v) is 0.385. The molecule has 0 bridgehead atoms. The Morgan fingerprint density at radius 2 is 2.30 bits per heavy atom. The van der Waals surface area contributed by atoms with E-state index in [0.29, 0.717) is 12.0 Å². The molecule has 0 fully saturated rings. The van der Waals surface area contributed by atoms with Crippen molar-refractivity contribution in [3.63, 3.8) is 0 Å². The molecule has 0 aliphatic carbocycles. The Labute approximate surface area is 60.3 Å². The zero-order valence-electron chi connectivity index (χ0n) is 6.09. The van der Waals surface area contributed by atoms with E-state index in [1.54, 1.807) is 0 Å².